The molecular formula is C13H19I. The van der Waals surface area contributed by atoms with Crippen molar-refractivity contribution in [2.24, 2.45) is 5.92 Å². The van der Waals surface area contributed by atoms with E-state index in [1.807, 2.05) is 6.08 Å². The SMILES string of the molecule is C=CCC(CC)CC1=CCC(I)C=C1. The van der Waals surface area contributed by atoms with Crippen LogP contribution in [-0.2, 0) is 0 Å². The highest BCUT2D eigenvalue weighted by atomic mass is 127. The zero-order chi connectivity index (χ0) is 10.4. The molecule has 0 N–H and O–H groups in total. The monoisotopic (exact) mass is 302 g/mol. The van der Waals surface area contributed by atoms with Crippen molar-refractivity contribution >= 4 is 22.6 Å². The average Bonchev–Trinajstić information content (AvgIpc) is 2.20. The van der Waals surface area contributed by atoms with Gasteiger partial charge in [0.15, 0.2) is 0 Å². The Bertz CT molecular complexity index is 238. The van der Waals surface area contributed by atoms with Crippen LogP contribution in [-0.4, -0.2) is 3.92 Å². The third-order valence-corrected chi connectivity index (χ3v) is 3.65. The highest BCUT2D eigenvalue weighted by molar-refractivity contribution is 14.1. The van der Waals surface area contributed by atoms with Crippen LogP contribution in [0, 0.1) is 5.92 Å². The number of rotatable bonds is 5. The third kappa shape index (κ3) is 3.99. The van der Waals surface area contributed by atoms with E-state index in [0.717, 1.165) is 12.3 Å². The van der Waals surface area contributed by atoms with Crippen molar-refractivity contribution in [3.8, 4) is 0 Å². The molecule has 0 fully saturated rings. The Kier molecular flexibility index (Phi) is 5.53. The minimum absolute atomic E-state index is 0.704. The van der Waals surface area contributed by atoms with Gasteiger partial charge in [-0.25, -0.2) is 0 Å². The summed E-state index contributed by atoms with van der Waals surface area (Å²) in [4.78, 5) is 0. The summed E-state index contributed by atoms with van der Waals surface area (Å²) >= 11 is 2.48. The van der Waals surface area contributed by atoms with Crippen molar-refractivity contribution in [1.82, 2.24) is 0 Å². The molecule has 2 unspecified atom stereocenters. The van der Waals surface area contributed by atoms with E-state index in [0.29, 0.717) is 3.92 Å². The van der Waals surface area contributed by atoms with E-state index in [1.165, 1.54) is 24.8 Å². The van der Waals surface area contributed by atoms with Gasteiger partial charge in [-0.05, 0) is 25.2 Å². The van der Waals surface area contributed by atoms with Crippen molar-refractivity contribution in [3.63, 3.8) is 0 Å². The van der Waals surface area contributed by atoms with Gasteiger partial charge < -0.3 is 0 Å². The lowest BCUT2D eigenvalue weighted by Crippen LogP contribution is -2.02. The molecule has 2 atom stereocenters. The molecule has 0 nitrogen and oxygen atoms in total. The Morgan fingerprint density at radius 1 is 1.71 bits per heavy atom. The van der Waals surface area contributed by atoms with Gasteiger partial charge in [0, 0.05) is 3.92 Å². The summed E-state index contributed by atoms with van der Waals surface area (Å²) in [7, 11) is 0. The maximum absolute atomic E-state index is 3.81. The second-order valence-corrected chi connectivity index (χ2v) is 5.49. The van der Waals surface area contributed by atoms with Crippen LogP contribution in [0.25, 0.3) is 0 Å². The summed E-state index contributed by atoms with van der Waals surface area (Å²) in [5.74, 6) is 0.786. The summed E-state index contributed by atoms with van der Waals surface area (Å²) in [5, 5.41) is 0. The van der Waals surface area contributed by atoms with Crippen molar-refractivity contribution in [2.45, 2.75) is 36.5 Å². The molecule has 0 amide bonds. The van der Waals surface area contributed by atoms with Gasteiger partial charge in [-0.1, -0.05) is 65.8 Å². The molecule has 0 bridgehead atoms. The fraction of sp³-hybridized carbons (Fsp3) is 0.538. The highest BCUT2D eigenvalue weighted by Gasteiger charge is 2.09. The Balaban J connectivity index is 2.43. The van der Waals surface area contributed by atoms with Crippen LogP contribution in [0.15, 0.2) is 36.5 Å². The summed E-state index contributed by atoms with van der Waals surface area (Å²) < 4.78 is 0.704. The topological polar surface area (TPSA) is 0 Å². The Morgan fingerprint density at radius 3 is 3.00 bits per heavy atom. The number of hydrogen-bond acceptors (Lipinski definition) is 0. The van der Waals surface area contributed by atoms with Gasteiger partial charge >= 0.3 is 0 Å². The lowest BCUT2D eigenvalue weighted by molar-refractivity contribution is 0.515. The summed E-state index contributed by atoms with van der Waals surface area (Å²) in [6.07, 6.45) is 13.9. The first-order valence-corrected chi connectivity index (χ1v) is 6.63. The van der Waals surface area contributed by atoms with E-state index in [9.17, 15) is 0 Å². The second kappa shape index (κ2) is 6.44. The smallest absolute Gasteiger partial charge is 0.0327 e. The molecule has 0 saturated heterocycles. The molecule has 1 rings (SSSR count). The molecule has 1 heteroatoms. The summed E-state index contributed by atoms with van der Waals surface area (Å²) in [5.41, 5.74) is 1.52. The molecule has 1 aliphatic rings. The standard InChI is InChI=1S/C13H19I/c1-3-5-11(4-2)10-12-6-8-13(14)9-7-12/h3,6-8,11,13H,1,4-5,9-10H2,2H3. The minimum Gasteiger partial charge on any atom is -0.103 e. The van der Waals surface area contributed by atoms with Crippen LogP contribution in [0.4, 0.5) is 0 Å². The minimum atomic E-state index is 0.704. The molecule has 0 aromatic heterocycles. The lowest BCUT2D eigenvalue weighted by Gasteiger charge is -2.16. The molecule has 1 aliphatic carbocycles. The zero-order valence-corrected chi connectivity index (χ0v) is 11.0. The second-order valence-electron chi connectivity index (χ2n) is 3.89. The largest absolute Gasteiger partial charge is 0.103 e. The van der Waals surface area contributed by atoms with Crippen LogP contribution in [0.1, 0.15) is 32.6 Å². The molecule has 0 spiro atoms. The molecule has 14 heavy (non-hydrogen) atoms. The maximum atomic E-state index is 3.81. The molecule has 0 aromatic rings. The summed E-state index contributed by atoms with van der Waals surface area (Å²) in [6, 6.07) is 0. The van der Waals surface area contributed by atoms with Crippen LogP contribution < -0.4 is 0 Å². The quantitative estimate of drug-likeness (QED) is 0.393. The number of alkyl halides is 1. The predicted octanol–water partition coefficient (Wildman–Crippen LogP) is 4.67. The third-order valence-electron chi connectivity index (χ3n) is 2.73. The van der Waals surface area contributed by atoms with Gasteiger partial charge in [-0.15, -0.1) is 6.58 Å². The van der Waals surface area contributed by atoms with Crippen molar-refractivity contribution < 1.29 is 0 Å². The maximum Gasteiger partial charge on any atom is 0.0327 e. The van der Waals surface area contributed by atoms with Crippen molar-refractivity contribution in [1.29, 1.82) is 0 Å². The molecular weight excluding hydrogens is 283 g/mol. The van der Waals surface area contributed by atoms with Gasteiger partial charge in [0.1, 0.15) is 0 Å². The molecule has 0 aliphatic heterocycles. The summed E-state index contributed by atoms with van der Waals surface area (Å²) in [6.45, 7) is 6.08. The fourth-order valence-electron chi connectivity index (χ4n) is 1.75. The molecule has 0 heterocycles. The molecule has 78 valence electrons. The number of hydrogen-bond donors (Lipinski definition) is 0. The van der Waals surface area contributed by atoms with Crippen LogP contribution >= 0.6 is 22.6 Å². The van der Waals surface area contributed by atoms with E-state index in [-0.39, 0.29) is 0 Å². The van der Waals surface area contributed by atoms with Gasteiger partial charge in [-0.3, -0.25) is 0 Å². The fourth-order valence-corrected chi connectivity index (χ4v) is 2.22. The average molecular weight is 302 g/mol. The number of halogens is 1. The zero-order valence-electron chi connectivity index (χ0n) is 8.88. The first kappa shape index (κ1) is 12.0. The van der Waals surface area contributed by atoms with E-state index in [4.69, 9.17) is 0 Å². The van der Waals surface area contributed by atoms with Crippen molar-refractivity contribution in [2.75, 3.05) is 0 Å². The van der Waals surface area contributed by atoms with Gasteiger partial charge in [0.2, 0.25) is 0 Å². The van der Waals surface area contributed by atoms with Gasteiger partial charge in [0.25, 0.3) is 0 Å². The molecule has 0 saturated carbocycles. The van der Waals surface area contributed by atoms with Crippen molar-refractivity contribution in [3.05, 3.63) is 36.5 Å². The molecule has 0 aromatic carbocycles. The van der Waals surface area contributed by atoms with Gasteiger partial charge in [0.05, 0.1) is 0 Å². The first-order chi connectivity index (χ1) is 6.76. The van der Waals surface area contributed by atoms with Crippen LogP contribution in [0.5, 0.6) is 0 Å². The van der Waals surface area contributed by atoms with E-state index < -0.39 is 0 Å². The van der Waals surface area contributed by atoms with Gasteiger partial charge in [-0.2, -0.15) is 0 Å². The predicted molar refractivity (Wildman–Crippen MR) is 72.9 cm³/mol. The van der Waals surface area contributed by atoms with E-state index >= 15 is 0 Å². The Morgan fingerprint density at radius 2 is 2.50 bits per heavy atom. The molecule has 0 radical (unpaired) electrons. The van der Waals surface area contributed by atoms with E-state index in [1.54, 1.807) is 0 Å². The Hall–Kier alpha value is -0.0500. The van der Waals surface area contributed by atoms with Crippen LogP contribution in [0.2, 0.25) is 0 Å². The van der Waals surface area contributed by atoms with E-state index in [2.05, 4.69) is 54.3 Å². The van der Waals surface area contributed by atoms with Crippen LogP contribution in [0.3, 0.4) is 0 Å². The number of allylic oxidation sites excluding steroid dienone is 5. The highest BCUT2D eigenvalue weighted by Crippen LogP contribution is 2.25. The Labute approximate surface area is 101 Å². The lowest BCUT2D eigenvalue weighted by atomic mass is 9.91. The first-order valence-electron chi connectivity index (χ1n) is 5.38. The normalized spacial score (nSPS) is 23.0.